The number of rotatable bonds is 5. The van der Waals surface area contributed by atoms with Gasteiger partial charge in [0.25, 0.3) is 11.5 Å². The van der Waals surface area contributed by atoms with Crippen molar-refractivity contribution in [1.82, 2.24) is 29.5 Å². The smallest absolute Gasteiger partial charge is 0.395 e. The maximum Gasteiger partial charge on any atom is 0.433 e. The number of hydrogen-bond donors (Lipinski definition) is 2. The highest BCUT2D eigenvalue weighted by atomic mass is 16.6. The highest BCUT2D eigenvalue weighted by Crippen LogP contribution is 2.22. The molecular formula is C22H18N8O5. The second kappa shape index (κ2) is 8.06. The van der Waals surface area contributed by atoms with Gasteiger partial charge in [0.2, 0.25) is 5.95 Å². The van der Waals surface area contributed by atoms with E-state index in [-0.39, 0.29) is 22.9 Å². The summed E-state index contributed by atoms with van der Waals surface area (Å²) in [6.07, 6.45) is 1.44. The second-order valence-corrected chi connectivity index (χ2v) is 7.91. The third kappa shape index (κ3) is 3.84. The number of carbonyl (C=O) groups excluding carboxylic acids is 1. The molecule has 0 atom stereocenters. The van der Waals surface area contributed by atoms with Crippen LogP contribution < -0.4 is 10.9 Å². The number of benzene rings is 1. The number of aryl methyl sites for hydroxylation is 3. The molecule has 13 heteroatoms. The molecule has 2 N–H and O–H groups in total. The Kier molecular flexibility index (Phi) is 5.01. The lowest BCUT2D eigenvalue weighted by Gasteiger charge is -2.10. The number of nitrogens with one attached hydrogen (secondary N) is 2. The molecule has 0 bridgehead atoms. The summed E-state index contributed by atoms with van der Waals surface area (Å²) in [6, 6.07) is 9.66. The van der Waals surface area contributed by atoms with E-state index in [0.717, 1.165) is 22.9 Å². The normalized spacial score (nSPS) is 11.2. The van der Waals surface area contributed by atoms with Crippen LogP contribution in [0.15, 0.2) is 51.8 Å². The van der Waals surface area contributed by atoms with E-state index in [9.17, 15) is 19.7 Å². The standard InChI is InChI=1S/C22H18N8O5/c1-11-4-5-15(12(2)8-11)28-19-14(10-23-28)20(31)26-22(25-19)29-17(9-13(3)27-29)24-21(32)16-6-7-18(35-16)30(33)34/h4-10H,1-3H3,(H,24,32)(H,25,26,31). The average molecular weight is 474 g/mol. The van der Waals surface area contributed by atoms with Crippen molar-refractivity contribution in [3.8, 4) is 11.6 Å². The summed E-state index contributed by atoms with van der Waals surface area (Å²) in [5.41, 5.74) is 3.20. The minimum Gasteiger partial charge on any atom is -0.395 e. The van der Waals surface area contributed by atoms with Crippen molar-refractivity contribution in [3.63, 3.8) is 0 Å². The molecule has 0 aliphatic carbocycles. The van der Waals surface area contributed by atoms with Crippen molar-refractivity contribution in [2.24, 2.45) is 0 Å². The van der Waals surface area contributed by atoms with Crippen LogP contribution in [0.25, 0.3) is 22.7 Å². The van der Waals surface area contributed by atoms with Crippen molar-refractivity contribution >= 4 is 28.6 Å². The van der Waals surface area contributed by atoms with E-state index in [1.165, 1.54) is 16.9 Å². The van der Waals surface area contributed by atoms with Crippen LogP contribution >= 0.6 is 0 Å². The van der Waals surface area contributed by atoms with Crippen LogP contribution in [-0.2, 0) is 0 Å². The number of amides is 1. The van der Waals surface area contributed by atoms with Crippen LogP contribution in [0.3, 0.4) is 0 Å². The Morgan fingerprint density at radius 3 is 2.66 bits per heavy atom. The fourth-order valence-electron chi connectivity index (χ4n) is 3.70. The summed E-state index contributed by atoms with van der Waals surface area (Å²) in [6.45, 7) is 5.61. The first-order valence-electron chi connectivity index (χ1n) is 10.4. The molecule has 0 saturated carbocycles. The van der Waals surface area contributed by atoms with Crippen molar-refractivity contribution in [2.75, 3.05) is 5.32 Å². The third-order valence-electron chi connectivity index (χ3n) is 5.28. The topological polar surface area (TPSA) is 167 Å². The van der Waals surface area contributed by atoms with E-state index in [4.69, 9.17) is 4.42 Å². The number of nitrogens with zero attached hydrogens (tertiary/aromatic N) is 6. The van der Waals surface area contributed by atoms with Gasteiger partial charge in [-0.05, 0) is 38.5 Å². The van der Waals surface area contributed by atoms with E-state index in [1.807, 2.05) is 32.0 Å². The minimum atomic E-state index is -0.742. The van der Waals surface area contributed by atoms with Gasteiger partial charge < -0.3 is 9.73 Å². The third-order valence-corrected chi connectivity index (χ3v) is 5.28. The van der Waals surface area contributed by atoms with Crippen LogP contribution in [0, 0.1) is 30.9 Å². The maximum atomic E-state index is 12.8. The molecule has 1 amide bonds. The number of carbonyl (C=O) groups is 1. The molecule has 0 aliphatic heterocycles. The van der Waals surface area contributed by atoms with Gasteiger partial charge in [0, 0.05) is 6.07 Å². The average Bonchev–Trinajstić information content (AvgIpc) is 3.52. The molecule has 5 rings (SSSR count). The van der Waals surface area contributed by atoms with Gasteiger partial charge in [-0.1, -0.05) is 17.7 Å². The fourth-order valence-corrected chi connectivity index (χ4v) is 3.70. The Balaban J connectivity index is 1.57. The van der Waals surface area contributed by atoms with Crippen molar-refractivity contribution < 1.29 is 14.1 Å². The Morgan fingerprint density at radius 1 is 1.14 bits per heavy atom. The lowest BCUT2D eigenvalue weighted by Crippen LogP contribution is -2.19. The minimum absolute atomic E-state index is 0.0443. The number of fused-ring (bicyclic) bond motifs is 1. The van der Waals surface area contributed by atoms with E-state index in [0.29, 0.717) is 11.3 Å². The van der Waals surface area contributed by atoms with Gasteiger partial charge in [-0.25, -0.2) is 4.68 Å². The van der Waals surface area contributed by atoms with Gasteiger partial charge in [-0.2, -0.15) is 19.9 Å². The molecular weight excluding hydrogens is 456 g/mol. The summed E-state index contributed by atoms with van der Waals surface area (Å²) in [5, 5.41) is 22.4. The van der Waals surface area contributed by atoms with Gasteiger partial charge in [0.05, 0.1) is 23.6 Å². The lowest BCUT2D eigenvalue weighted by molar-refractivity contribution is -0.402. The number of anilines is 1. The molecule has 0 unspecified atom stereocenters. The number of furan rings is 1. The van der Waals surface area contributed by atoms with Crippen molar-refractivity contribution in [2.45, 2.75) is 20.8 Å². The monoisotopic (exact) mass is 474 g/mol. The van der Waals surface area contributed by atoms with Crippen LogP contribution in [0.4, 0.5) is 11.7 Å². The summed E-state index contributed by atoms with van der Waals surface area (Å²) >= 11 is 0. The van der Waals surface area contributed by atoms with Gasteiger partial charge in [0.15, 0.2) is 11.4 Å². The number of aromatic nitrogens is 6. The molecule has 0 aliphatic rings. The molecule has 0 radical (unpaired) electrons. The molecule has 0 spiro atoms. The van der Waals surface area contributed by atoms with Crippen molar-refractivity contribution in [3.05, 3.63) is 85.6 Å². The molecule has 0 fully saturated rings. The molecule has 13 nitrogen and oxygen atoms in total. The molecule has 4 aromatic heterocycles. The number of hydrogen-bond acceptors (Lipinski definition) is 8. The first-order valence-corrected chi connectivity index (χ1v) is 10.4. The predicted molar refractivity (Wildman–Crippen MR) is 124 cm³/mol. The van der Waals surface area contributed by atoms with E-state index in [2.05, 4.69) is 25.5 Å². The molecule has 5 aromatic rings. The Bertz CT molecular complexity index is 1690. The summed E-state index contributed by atoms with van der Waals surface area (Å²) in [7, 11) is 0. The zero-order valence-corrected chi connectivity index (χ0v) is 18.8. The zero-order valence-electron chi connectivity index (χ0n) is 18.8. The largest absolute Gasteiger partial charge is 0.433 e. The van der Waals surface area contributed by atoms with E-state index >= 15 is 0 Å². The molecule has 176 valence electrons. The molecule has 35 heavy (non-hydrogen) atoms. The molecule has 0 saturated heterocycles. The van der Waals surface area contributed by atoms with Crippen molar-refractivity contribution in [1.29, 1.82) is 0 Å². The Labute approximate surface area is 196 Å². The highest BCUT2D eigenvalue weighted by molar-refractivity contribution is 6.02. The first kappa shape index (κ1) is 21.8. The highest BCUT2D eigenvalue weighted by Gasteiger charge is 2.21. The van der Waals surface area contributed by atoms with Crippen LogP contribution in [0.2, 0.25) is 0 Å². The summed E-state index contributed by atoms with van der Waals surface area (Å²) < 4.78 is 7.78. The van der Waals surface area contributed by atoms with Crippen LogP contribution in [-0.4, -0.2) is 40.4 Å². The van der Waals surface area contributed by atoms with Crippen LogP contribution in [0.5, 0.6) is 0 Å². The van der Waals surface area contributed by atoms with Gasteiger partial charge in [-0.3, -0.25) is 24.7 Å². The fraction of sp³-hybridized carbons (Fsp3) is 0.136. The number of aromatic amines is 1. The molecule has 4 heterocycles. The first-order chi connectivity index (χ1) is 16.7. The van der Waals surface area contributed by atoms with Gasteiger partial charge in [-0.15, -0.1) is 0 Å². The van der Waals surface area contributed by atoms with Crippen LogP contribution in [0.1, 0.15) is 27.4 Å². The van der Waals surface area contributed by atoms with E-state index in [1.54, 1.807) is 17.7 Å². The maximum absolute atomic E-state index is 12.8. The summed E-state index contributed by atoms with van der Waals surface area (Å²) in [4.78, 5) is 42.8. The second-order valence-electron chi connectivity index (χ2n) is 7.91. The quantitative estimate of drug-likeness (QED) is 0.289. The van der Waals surface area contributed by atoms with Gasteiger partial charge >= 0.3 is 5.88 Å². The SMILES string of the molecule is Cc1ccc(-n2ncc3c(=O)[nH]c(-n4nc(C)cc4NC(=O)c4ccc([N+](=O)[O-])o4)nc32)c(C)c1. The summed E-state index contributed by atoms with van der Waals surface area (Å²) in [5.74, 6) is -1.33. The number of nitro groups is 1. The number of H-pyrrole nitrogens is 1. The van der Waals surface area contributed by atoms with E-state index < -0.39 is 22.3 Å². The predicted octanol–water partition coefficient (Wildman–Crippen LogP) is 2.97. The lowest BCUT2D eigenvalue weighted by atomic mass is 10.1. The Morgan fingerprint density at radius 2 is 1.94 bits per heavy atom. The Hall–Kier alpha value is -5.07. The zero-order chi connectivity index (χ0) is 24.9. The molecule has 1 aromatic carbocycles. The van der Waals surface area contributed by atoms with Gasteiger partial charge in [0.1, 0.15) is 16.1 Å².